The van der Waals surface area contributed by atoms with Gasteiger partial charge in [0, 0.05) is 35.5 Å². The average Bonchev–Trinajstić information content (AvgIpc) is 3.42. The molecule has 9 nitrogen and oxygen atoms in total. The standard InChI is InChI=1S/C39H46FN5O4/c1-25-6-7-29(32(40)20-25)24-48-37-5-3-4-33(43-37)28-12-17-44(18-13-28)23-36-42-34-21-30(8-9-35(34)45(36)22-31-14-19-47-31)41-38(46)39-15-10-27(11-16-39)26(2)49-39/h3-9,20-21,26-28,31H,10-19,22-24H2,1-2H3,(H,41,46). The fourth-order valence-electron chi connectivity index (χ4n) is 8.13. The molecule has 2 unspecified atom stereocenters. The molecule has 0 radical (unpaired) electrons. The van der Waals surface area contributed by atoms with Gasteiger partial charge in [0.1, 0.15) is 23.8 Å². The second-order valence-electron chi connectivity index (χ2n) is 14.6. The third-order valence-corrected chi connectivity index (χ3v) is 11.3. The number of hydrogen-bond donors (Lipinski definition) is 1. The van der Waals surface area contributed by atoms with Crippen LogP contribution in [-0.2, 0) is 34.0 Å². The molecule has 1 N–H and O–H groups in total. The zero-order chi connectivity index (χ0) is 33.5. The van der Waals surface area contributed by atoms with Crippen molar-refractivity contribution in [3.05, 3.63) is 83.1 Å². The van der Waals surface area contributed by atoms with E-state index in [1.54, 1.807) is 6.07 Å². The number of imidazole rings is 1. The molecule has 1 aliphatic carbocycles. The van der Waals surface area contributed by atoms with Gasteiger partial charge in [0.15, 0.2) is 0 Å². The summed E-state index contributed by atoms with van der Waals surface area (Å²) in [5.41, 5.74) is 4.42. The van der Waals surface area contributed by atoms with E-state index < -0.39 is 5.60 Å². The first kappa shape index (κ1) is 32.4. The minimum atomic E-state index is -0.716. The smallest absolute Gasteiger partial charge is 0.256 e. The molecule has 5 fully saturated rings. The Morgan fingerprint density at radius 1 is 1.04 bits per heavy atom. The van der Waals surface area contributed by atoms with Crippen LogP contribution in [0.2, 0.25) is 0 Å². The number of rotatable bonds is 10. The summed E-state index contributed by atoms with van der Waals surface area (Å²) in [5.74, 6) is 2.16. The third kappa shape index (κ3) is 6.70. The van der Waals surface area contributed by atoms with E-state index in [9.17, 15) is 9.18 Å². The number of pyridine rings is 1. The zero-order valence-electron chi connectivity index (χ0n) is 28.5. The van der Waals surface area contributed by atoms with Gasteiger partial charge in [-0.2, -0.15) is 0 Å². The SMILES string of the molecule is Cc1ccc(COc2cccc(C3CCN(Cc4nc5cc(NC(=O)C67CCC(CC6)C(C)O7)ccc5n4CC4CCO4)CC3)n2)c(F)c1. The van der Waals surface area contributed by atoms with Crippen molar-refractivity contribution in [3.63, 3.8) is 0 Å². The highest BCUT2D eigenvalue weighted by molar-refractivity contribution is 5.99. The molecule has 1 saturated carbocycles. The first-order valence-corrected chi connectivity index (χ1v) is 18.0. The number of benzene rings is 2. The number of amides is 1. The van der Waals surface area contributed by atoms with E-state index in [2.05, 4.69) is 33.8 Å². The van der Waals surface area contributed by atoms with Crippen molar-refractivity contribution < 1.29 is 23.4 Å². The van der Waals surface area contributed by atoms with E-state index in [1.807, 2.05) is 37.3 Å². The van der Waals surface area contributed by atoms with Crippen LogP contribution in [0.25, 0.3) is 11.0 Å². The first-order valence-electron chi connectivity index (χ1n) is 18.0. The molecule has 2 atom stereocenters. The van der Waals surface area contributed by atoms with Crippen LogP contribution >= 0.6 is 0 Å². The summed E-state index contributed by atoms with van der Waals surface area (Å²) in [5, 5.41) is 3.18. The summed E-state index contributed by atoms with van der Waals surface area (Å²) in [6.45, 7) is 8.30. The lowest BCUT2D eigenvalue weighted by Crippen LogP contribution is -2.56. The van der Waals surface area contributed by atoms with E-state index in [1.165, 1.54) is 6.07 Å². The quantitative estimate of drug-likeness (QED) is 0.197. The fourth-order valence-corrected chi connectivity index (χ4v) is 8.13. The summed E-state index contributed by atoms with van der Waals surface area (Å²) in [7, 11) is 0. The van der Waals surface area contributed by atoms with Gasteiger partial charge in [0.05, 0.1) is 36.3 Å². The Morgan fingerprint density at radius 2 is 1.86 bits per heavy atom. The maximum Gasteiger partial charge on any atom is 0.256 e. The molecule has 5 aliphatic rings. The van der Waals surface area contributed by atoms with E-state index in [4.69, 9.17) is 24.2 Å². The molecule has 0 spiro atoms. The molecule has 2 aromatic carbocycles. The number of fused-ring (bicyclic) bond motifs is 4. The zero-order valence-corrected chi connectivity index (χ0v) is 28.5. The number of likely N-dealkylation sites (tertiary alicyclic amines) is 1. The van der Waals surface area contributed by atoms with Crippen LogP contribution in [0.1, 0.15) is 80.4 Å². The van der Waals surface area contributed by atoms with E-state index in [0.29, 0.717) is 23.3 Å². The number of nitrogens with zero attached hydrogens (tertiary/aromatic N) is 4. The summed E-state index contributed by atoms with van der Waals surface area (Å²) >= 11 is 0. The monoisotopic (exact) mass is 667 g/mol. The molecule has 4 aromatic rings. The molecular formula is C39H46FN5O4. The maximum absolute atomic E-state index is 14.3. The molecule has 10 heteroatoms. The number of halogens is 1. The minimum Gasteiger partial charge on any atom is -0.473 e. The van der Waals surface area contributed by atoms with Crippen LogP contribution < -0.4 is 10.1 Å². The van der Waals surface area contributed by atoms with Gasteiger partial charge in [-0.15, -0.1) is 0 Å². The highest BCUT2D eigenvalue weighted by Crippen LogP contribution is 2.45. The minimum absolute atomic E-state index is 0.0333. The molecule has 4 aliphatic heterocycles. The molecule has 258 valence electrons. The number of ether oxygens (including phenoxy) is 3. The number of piperidine rings is 1. The van der Waals surface area contributed by atoms with Gasteiger partial charge in [-0.1, -0.05) is 18.2 Å². The number of nitrogens with one attached hydrogen (secondary N) is 1. The summed E-state index contributed by atoms with van der Waals surface area (Å²) in [6.07, 6.45) is 7.02. The number of anilines is 1. The highest BCUT2D eigenvalue weighted by Gasteiger charge is 2.50. The number of hydrogen-bond acceptors (Lipinski definition) is 7. The number of aryl methyl sites for hydroxylation is 1. The van der Waals surface area contributed by atoms with Crippen LogP contribution in [0.15, 0.2) is 54.6 Å². The van der Waals surface area contributed by atoms with E-state index in [0.717, 1.165) is 112 Å². The summed E-state index contributed by atoms with van der Waals surface area (Å²) < 4.78 is 34.6. The van der Waals surface area contributed by atoms with Crippen molar-refractivity contribution in [1.29, 1.82) is 0 Å². The molecule has 2 bridgehead atoms. The Kier molecular flexibility index (Phi) is 8.88. The van der Waals surface area contributed by atoms with Gasteiger partial charge < -0.3 is 24.1 Å². The normalized spacial score (nSPS) is 25.7. The fraction of sp³-hybridized carbons (Fsp3) is 0.513. The second-order valence-corrected chi connectivity index (χ2v) is 14.6. The average molecular weight is 668 g/mol. The molecule has 49 heavy (non-hydrogen) atoms. The largest absolute Gasteiger partial charge is 0.473 e. The number of carbonyl (C=O) groups excluding carboxylic acids is 1. The van der Waals surface area contributed by atoms with Crippen molar-refractivity contribution >= 4 is 22.6 Å². The van der Waals surface area contributed by atoms with Gasteiger partial charge in [0.2, 0.25) is 5.88 Å². The van der Waals surface area contributed by atoms with E-state index >= 15 is 0 Å². The van der Waals surface area contributed by atoms with Gasteiger partial charge in [-0.3, -0.25) is 9.69 Å². The lowest BCUT2D eigenvalue weighted by Gasteiger charge is -2.48. The molecule has 2 aromatic heterocycles. The molecule has 4 saturated heterocycles. The van der Waals surface area contributed by atoms with Crippen LogP contribution in [0.3, 0.4) is 0 Å². The Bertz CT molecular complexity index is 1820. The number of carbonyl (C=O) groups is 1. The van der Waals surface area contributed by atoms with Crippen molar-refractivity contribution in [1.82, 2.24) is 19.4 Å². The van der Waals surface area contributed by atoms with Crippen molar-refractivity contribution in [3.8, 4) is 5.88 Å². The highest BCUT2D eigenvalue weighted by atomic mass is 19.1. The first-order chi connectivity index (χ1) is 23.8. The Hall–Kier alpha value is -3.86. The second kappa shape index (κ2) is 13.5. The topological polar surface area (TPSA) is 90.7 Å². The van der Waals surface area contributed by atoms with Crippen molar-refractivity contribution in [2.45, 2.75) is 102 Å². The van der Waals surface area contributed by atoms with Gasteiger partial charge >= 0.3 is 0 Å². The Balaban J connectivity index is 0.927. The van der Waals surface area contributed by atoms with Crippen LogP contribution in [0, 0.1) is 18.7 Å². The van der Waals surface area contributed by atoms with Crippen LogP contribution in [-0.4, -0.2) is 62.8 Å². The maximum atomic E-state index is 14.3. The molecule has 6 heterocycles. The van der Waals surface area contributed by atoms with Crippen molar-refractivity contribution in [2.24, 2.45) is 5.92 Å². The van der Waals surface area contributed by atoms with Crippen LogP contribution in [0.4, 0.5) is 10.1 Å². The van der Waals surface area contributed by atoms with E-state index in [-0.39, 0.29) is 30.5 Å². The lowest BCUT2D eigenvalue weighted by atomic mass is 9.72. The summed E-state index contributed by atoms with van der Waals surface area (Å²) in [4.78, 5) is 25.9. The van der Waals surface area contributed by atoms with Crippen LogP contribution in [0.5, 0.6) is 5.88 Å². The Morgan fingerprint density at radius 3 is 2.59 bits per heavy atom. The Labute approximate surface area is 287 Å². The number of aromatic nitrogens is 3. The predicted molar refractivity (Wildman–Crippen MR) is 185 cm³/mol. The van der Waals surface area contributed by atoms with Crippen molar-refractivity contribution in [2.75, 3.05) is 25.0 Å². The molecule has 9 rings (SSSR count). The van der Waals surface area contributed by atoms with Gasteiger partial charge in [0.25, 0.3) is 5.91 Å². The molecular weight excluding hydrogens is 621 g/mol. The van der Waals surface area contributed by atoms with Gasteiger partial charge in [-0.05, 0) is 114 Å². The predicted octanol–water partition coefficient (Wildman–Crippen LogP) is 6.91. The summed E-state index contributed by atoms with van der Waals surface area (Å²) in [6, 6.07) is 17.2. The lowest BCUT2D eigenvalue weighted by molar-refractivity contribution is -0.191. The van der Waals surface area contributed by atoms with Gasteiger partial charge in [-0.25, -0.2) is 14.4 Å². The molecule has 1 amide bonds. The third-order valence-electron chi connectivity index (χ3n) is 11.3.